The van der Waals surface area contributed by atoms with E-state index in [1.165, 1.54) is 4.88 Å². The quantitative estimate of drug-likeness (QED) is 0.877. The van der Waals surface area contributed by atoms with E-state index < -0.39 is 0 Å². The normalized spacial score (nSPS) is 21.2. The molecule has 1 saturated heterocycles. The first-order valence-corrected chi connectivity index (χ1v) is 8.68. The average Bonchev–Trinajstić information content (AvgIpc) is 2.99. The number of carbonyl (C=O) groups excluding carboxylic acids is 1. The van der Waals surface area contributed by atoms with Gasteiger partial charge in [0.1, 0.15) is 0 Å². The van der Waals surface area contributed by atoms with Crippen LogP contribution in [-0.2, 0) is 11.3 Å². The van der Waals surface area contributed by atoms with Crippen molar-refractivity contribution in [3.63, 3.8) is 0 Å². The van der Waals surface area contributed by atoms with Crippen molar-refractivity contribution in [3.05, 3.63) is 22.4 Å². The van der Waals surface area contributed by atoms with Crippen LogP contribution in [0.4, 0.5) is 0 Å². The molecular formula is C16H26N2O2S. The topological polar surface area (TPSA) is 43.8 Å². The number of thiophene rings is 1. The van der Waals surface area contributed by atoms with Crippen LogP contribution in [0.1, 0.15) is 37.5 Å². The maximum absolute atomic E-state index is 12.4. The molecule has 0 radical (unpaired) electrons. The predicted molar refractivity (Wildman–Crippen MR) is 86.3 cm³/mol. The molecule has 2 unspecified atom stereocenters. The fourth-order valence-corrected chi connectivity index (χ4v) is 3.70. The van der Waals surface area contributed by atoms with Crippen molar-refractivity contribution in [1.29, 1.82) is 0 Å². The molecule has 2 atom stereocenters. The number of likely N-dealkylation sites (tertiary alicyclic amines) is 1. The van der Waals surface area contributed by atoms with Crippen molar-refractivity contribution in [2.45, 2.75) is 51.3 Å². The van der Waals surface area contributed by atoms with Crippen LogP contribution in [0.2, 0.25) is 0 Å². The molecule has 1 aliphatic heterocycles. The Balaban J connectivity index is 1.90. The van der Waals surface area contributed by atoms with Crippen LogP contribution in [0.25, 0.3) is 0 Å². The number of amides is 1. The number of aliphatic hydroxyl groups excluding tert-OH is 1. The van der Waals surface area contributed by atoms with E-state index in [0.717, 1.165) is 32.2 Å². The summed E-state index contributed by atoms with van der Waals surface area (Å²) in [5.74, 6) is 0.138. The number of carbonyl (C=O) groups is 1. The maximum Gasteiger partial charge on any atom is 0.236 e. The van der Waals surface area contributed by atoms with Crippen LogP contribution in [-0.4, -0.2) is 53.1 Å². The van der Waals surface area contributed by atoms with E-state index >= 15 is 0 Å². The Labute approximate surface area is 131 Å². The molecule has 2 heterocycles. The molecule has 1 aromatic rings. The number of rotatable bonds is 6. The van der Waals surface area contributed by atoms with Crippen LogP contribution in [0.3, 0.4) is 0 Å². The zero-order valence-electron chi connectivity index (χ0n) is 13.0. The molecule has 0 aromatic carbocycles. The molecule has 21 heavy (non-hydrogen) atoms. The highest BCUT2D eigenvalue weighted by molar-refractivity contribution is 7.09. The van der Waals surface area contributed by atoms with Crippen molar-refractivity contribution in [3.8, 4) is 0 Å². The minimum atomic E-state index is -0.319. The largest absolute Gasteiger partial charge is 0.392 e. The highest BCUT2D eigenvalue weighted by Crippen LogP contribution is 2.21. The summed E-state index contributed by atoms with van der Waals surface area (Å²) in [5.41, 5.74) is 0. The van der Waals surface area contributed by atoms with Crippen LogP contribution in [0, 0.1) is 0 Å². The van der Waals surface area contributed by atoms with Gasteiger partial charge in [0.05, 0.1) is 19.2 Å². The molecule has 1 aromatic heterocycles. The van der Waals surface area contributed by atoms with Crippen LogP contribution in [0.15, 0.2) is 17.5 Å². The minimum Gasteiger partial charge on any atom is -0.392 e. The molecule has 0 saturated carbocycles. The fraction of sp³-hybridized carbons (Fsp3) is 0.688. The van der Waals surface area contributed by atoms with E-state index in [-0.39, 0.29) is 18.1 Å². The smallest absolute Gasteiger partial charge is 0.236 e. The number of aliphatic hydroxyl groups is 1. The first-order chi connectivity index (χ1) is 10.1. The summed E-state index contributed by atoms with van der Waals surface area (Å²) in [6.45, 7) is 4.01. The molecule has 1 fully saturated rings. The summed E-state index contributed by atoms with van der Waals surface area (Å²) < 4.78 is 0. The summed E-state index contributed by atoms with van der Waals surface area (Å²) in [6.07, 6.45) is 3.70. The number of nitrogens with zero attached hydrogens (tertiary/aromatic N) is 2. The Morgan fingerprint density at radius 3 is 3.05 bits per heavy atom. The lowest BCUT2D eigenvalue weighted by Gasteiger charge is -2.38. The van der Waals surface area contributed by atoms with Crippen LogP contribution >= 0.6 is 11.3 Å². The molecule has 1 amide bonds. The third kappa shape index (κ3) is 4.53. The second kappa shape index (κ2) is 7.92. The zero-order valence-corrected chi connectivity index (χ0v) is 13.8. The standard InChI is InChI=1S/C16H26N2O2S/c1-3-15(19)14-8-4-5-9-18(14)12-16(20)17(2)11-13-7-6-10-21-13/h6-7,10,14-15,19H,3-5,8-9,11-12H2,1-2H3. The Morgan fingerprint density at radius 1 is 1.57 bits per heavy atom. The van der Waals surface area contributed by atoms with Gasteiger partial charge in [-0.1, -0.05) is 19.4 Å². The summed E-state index contributed by atoms with van der Waals surface area (Å²) in [6, 6.07) is 4.21. The summed E-state index contributed by atoms with van der Waals surface area (Å²) in [5, 5.41) is 12.2. The first kappa shape index (κ1) is 16.5. The van der Waals surface area contributed by atoms with Crippen molar-refractivity contribution < 1.29 is 9.90 Å². The van der Waals surface area contributed by atoms with Gasteiger partial charge < -0.3 is 10.0 Å². The van der Waals surface area contributed by atoms with Gasteiger partial charge >= 0.3 is 0 Å². The first-order valence-electron chi connectivity index (χ1n) is 7.80. The Hall–Kier alpha value is -0.910. The monoisotopic (exact) mass is 310 g/mol. The maximum atomic E-state index is 12.4. The van der Waals surface area contributed by atoms with Gasteiger partial charge in [-0.2, -0.15) is 0 Å². The SMILES string of the molecule is CCC(O)C1CCCCN1CC(=O)N(C)Cc1cccs1. The molecule has 0 bridgehead atoms. The summed E-state index contributed by atoms with van der Waals surface area (Å²) >= 11 is 1.68. The van der Waals surface area contributed by atoms with E-state index in [2.05, 4.69) is 11.0 Å². The lowest BCUT2D eigenvalue weighted by atomic mass is 9.96. The summed E-state index contributed by atoms with van der Waals surface area (Å²) in [4.78, 5) is 17.6. The second-order valence-corrected chi connectivity index (χ2v) is 6.87. The third-order valence-electron chi connectivity index (χ3n) is 4.26. The number of hydrogen-bond donors (Lipinski definition) is 1. The van der Waals surface area contributed by atoms with Gasteiger partial charge in [0.2, 0.25) is 5.91 Å². The van der Waals surface area contributed by atoms with Crippen LogP contribution in [0.5, 0.6) is 0 Å². The minimum absolute atomic E-state index is 0.138. The van der Waals surface area contributed by atoms with Crippen molar-refractivity contribution in [2.24, 2.45) is 0 Å². The predicted octanol–water partition coefficient (Wildman–Crippen LogP) is 2.33. The van der Waals surface area contributed by atoms with Gasteiger partial charge in [0, 0.05) is 18.0 Å². The van der Waals surface area contributed by atoms with Gasteiger partial charge in [0.15, 0.2) is 0 Å². The molecule has 118 valence electrons. The van der Waals surface area contributed by atoms with Gasteiger partial charge in [0.25, 0.3) is 0 Å². The molecule has 0 aliphatic carbocycles. The van der Waals surface area contributed by atoms with Crippen molar-refractivity contribution in [1.82, 2.24) is 9.80 Å². The molecular weight excluding hydrogens is 284 g/mol. The van der Waals surface area contributed by atoms with Crippen molar-refractivity contribution in [2.75, 3.05) is 20.1 Å². The van der Waals surface area contributed by atoms with Crippen molar-refractivity contribution >= 4 is 17.2 Å². The van der Waals surface area contributed by atoms with Gasteiger partial charge in [-0.25, -0.2) is 0 Å². The number of likely N-dealkylation sites (N-methyl/N-ethyl adjacent to an activating group) is 1. The third-order valence-corrected chi connectivity index (χ3v) is 5.13. The average molecular weight is 310 g/mol. The van der Waals surface area contributed by atoms with Gasteiger partial charge in [-0.05, 0) is 37.3 Å². The highest BCUT2D eigenvalue weighted by atomic mass is 32.1. The fourth-order valence-electron chi connectivity index (χ4n) is 2.94. The molecule has 2 rings (SSSR count). The summed E-state index contributed by atoms with van der Waals surface area (Å²) in [7, 11) is 1.86. The Morgan fingerprint density at radius 2 is 2.38 bits per heavy atom. The molecule has 0 spiro atoms. The van der Waals surface area contributed by atoms with E-state index in [0.29, 0.717) is 13.1 Å². The van der Waals surface area contributed by atoms with E-state index in [1.54, 1.807) is 16.2 Å². The molecule has 1 N–H and O–H groups in total. The molecule has 4 nitrogen and oxygen atoms in total. The zero-order chi connectivity index (χ0) is 15.2. The lowest BCUT2D eigenvalue weighted by molar-refractivity contribution is -0.133. The second-order valence-electron chi connectivity index (χ2n) is 5.84. The van der Waals surface area contributed by atoms with E-state index in [4.69, 9.17) is 0 Å². The number of piperidine rings is 1. The van der Waals surface area contributed by atoms with Gasteiger partial charge in [-0.15, -0.1) is 11.3 Å². The Bertz CT molecular complexity index is 435. The van der Waals surface area contributed by atoms with Crippen LogP contribution < -0.4 is 0 Å². The lowest BCUT2D eigenvalue weighted by Crippen LogP contribution is -2.50. The molecule has 5 heteroatoms. The molecule has 1 aliphatic rings. The van der Waals surface area contributed by atoms with E-state index in [1.807, 2.05) is 25.4 Å². The van der Waals surface area contributed by atoms with Gasteiger partial charge in [-0.3, -0.25) is 9.69 Å². The highest BCUT2D eigenvalue weighted by Gasteiger charge is 2.29. The Kier molecular flexibility index (Phi) is 6.21. The number of hydrogen-bond acceptors (Lipinski definition) is 4. The van der Waals surface area contributed by atoms with E-state index in [9.17, 15) is 9.90 Å².